The maximum absolute atomic E-state index is 12.1. The van der Waals surface area contributed by atoms with Gasteiger partial charge in [0.2, 0.25) is 0 Å². The Bertz CT molecular complexity index is 697. The lowest BCUT2D eigenvalue weighted by Crippen LogP contribution is -2.55. The summed E-state index contributed by atoms with van der Waals surface area (Å²) in [6.07, 6.45) is 14.7. The molecule has 0 radical (unpaired) electrons. The predicted molar refractivity (Wildman–Crippen MR) is 129 cm³/mol. The second-order valence-electron chi connectivity index (χ2n) is 13.0. The molecule has 0 aromatic heterocycles. The fourth-order valence-electron chi connectivity index (χ4n) is 10.1. The molecule has 4 unspecified atom stereocenters. The predicted octanol–water partition coefficient (Wildman–Crippen LogP) is 5.15. The van der Waals surface area contributed by atoms with Gasteiger partial charge in [0.15, 0.2) is 0 Å². The highest BCUT2D eigenvalue weighted by molar-refractivity contribution is 5.74. The van der Waals surface area contributed by atoms with Crippen molar-refractivity contribution in [2.75, 3.05) is 19.7 Å². The van der Waals surface area contributed by atoms with Gasteiger partial charge >= 0.3 is 5.97 Å². The van der Waals surface area contributed by atoms with E-state index in [1.165, 1.54) is 57.8 Å². The lowest BCUT2D eigenvalue weighted by Gasteiger charge is -2.61. The molecule has 3 N–H and O–H groups in total. The third-order valence-corrected chi connectivity index (χ3v) is 11.7. The van der Waals surface area contributed by atoms with Crippen LogP contribution in [0.15, 0.2) is 0 Å². The molecule has 182 valence electrons. The molecule has 4 heteroatoms. The molecule has 0 spiro atoms. The first-order valence-corrected chi connectivity index (χ1v) is 14.0. The molecule has 4 nitrogen and oxygen atoms in total. The van der Waals surface area contributed by atoms with E-state index in [2.05, 4.69) is 26.1 Å². The van der Waals surface area contributed by atoms with Crippen molar-refractivity contribution in [3.8, 4) is 0 Å². The molecular weight excluding hydrogens is 396 g/mol. The van der Waals surface area contributed by atoms with Crippen LogP contribution in [0.5, 0.6) is 0 Å². The Labute approximate surface area is 196 Å². The quantitative estimate of drug-likeness (QED) is 0.556. The van der Waals surface area contributed by atoms with Gasteiger partial charge in [-0.3, -0.25) is 4.79 Å². The summed E-state index contributed by atoms with van der Waals surface area (Å²) < 4.78 is 5.27. The first-order chi connectivity index (χ1) is 15.4. The van der Waals surface area contributed by atoms with Gasteiger partial charge in [-0.1, -0.05) is 20.8 Å². The first-order valence-electron chi connectivity index (χ1n) is 14.0. The number of carbonyl (C=O) groups excluding carboxylic acids is 1. The summed E-state index contributed by atoms with van der Waals surface area (Å²) in [4.78, 5) is 12.1. The molecule has 10 atom stereocenters. The summed E-state index contributed by atoms with van der Waals surface area (Å²) in [5.41, 5.74) is 6.80. The summed E-state index contributed by atoms with van der Waals surface area (Å²) in [7, 11) is 0. The Morgan fingerprint density at radius 2 is 1.81 bits per heavy atom. The van der Waals surface area contributed by atoms with Crippen molar-refractivity contribution in [1.82, 2.24) is 5.32 Å². The highest BCUT2D eigenvalue weighted by atomic mass is 16.5. The van der Waals surface area contributed by atoms with Crippen LogP contribution in [-0.4, -0.2) is 31.7 Å². The molecular formula is C28H48N2O2. The van der Waals surface area contributed by atoms with E-state index >= 15 is 0 Å². The second-order valence-corrected chi connectivity index (χ2v) is 13.0. The van der Waals surface area contributed by atoms with E-state index in [9.17, 15) is 4.79 Å². The smallest absolute Gasteiger partial charge is 0.309 e. The standard InChI is InChI=1S/C28H48N2O2/c1-18(16-19-10-15-32-26(19)31)23-6-7-24-22-5-4-20-17-21(30-14-13-29)8-11-27(20,2)25(22)9-12-28(23,24)3/h18-25,30H,4-17,29H2,1-3H3/t18-,19?,20-,21-,22?,23+,24?,25?,27-,28+/m0/s1. The Morgan fingerprint density at radius 3 is 2.56 bits per heavy atom. The zero-order valence-corrected chi connectivity index (χ0v) is 20.9. The SMILES string of the molecule is C[C@@H](CC1CCOC1=O)[C@H]1CCC2C3CC[C@H]4C[C@@H](NCCN)CC[C@]4(C)C3CC[C@@]21C. The Hall–Kier alpha value is -0.610. The number of hydrogen-bond acceptors (Lipinski definition) is 4. The number of ether oxygens (including phenoxy) is 1. The molecule has 5 rings (SSSR count). The highest BCUT2D eigenvalue weighted by Crippen LogP contribution is 2.68. The fraction of sp³-hybridized carbons (Fsp3) is 0.964. The van der Waals surface area contributed by atoms with Crippen LogP contribution in [0.2, 0.25) is 0 Å². The molecule has 0 amide bonds. The van der Waals surface area contributed by atoms with Gasteiger partial charge in [0.25, 0.3) is 0 Å². The van der Waals surface area contributed by atoms with Crippen LogP contribution in [0, 0.1) is 52.3 Å². The highest BCUT2D eigenvalue weighted by Gasteiger charge is 2.60. The average molecular weight is 445 g/mol. The van der Waals surface area contributed by atoms with Crippen molar-refractivity contribution in [3.63, 3.8) is 0 Å². The summed E-state index contributed by atoms with van der Waals surface area (Å²) in [5.74, 6) is 5.38. The van der Waals surface area contributed by atoms with E-state index in [1.54, 1.807) is 0 Å². The molecule has 32 heavy (non-hydrogen) atoms. The van der Waals surface area contributed by atoms with Crippen LogP contribution in [-0.2, 0) is 9.53 Å². The summed E-state index contributed by atoms with van der Waals surface area (Å²) in [6, 6.07) is 0.695. The topological polar surface area (TPSA) is 64.3 Å². The first kappa shape index (κ1) is 23.1. The maximum Gasteiger partial charge on any atom is 0.309 e. The molecule has 1 saturated heterocycles. The number of esters is 1. The summed E-state index contributed by atoms with van der Waals surface area (Å²) in [6.45, 7) is 10.1. The minimum absolute atomic E-state index is 0.0723. The van der Waals surface area contributed by atoms with Crippen LogP contribution in [0.3, 0.4) is 0 Å². The van der Waals surface area contributed by atoms with Crippen LogP contribution in [0.1, 0.15) is 91.4 Å². The van der Waals surface area contributed by atoms with E-state index in [1.807, 2.05) is 0 Å². The largest absolute Gasteiger partial charge is 0.465 e. The van der Waals surface area contributed by atoms with Gasteiger partial charge in [0.05, 0.1) is 12.5 Å². The van der Waals surface area contributed by atoms with Crippen LogP contribution >= 0.6 is 0 Å². The van der Waals surface area contributed by atoms with E-state index in [4.69, 9.17) is 10.5 Å². The van der Waals surface area contributed by atoms with Crippen molar-refractivity contribution in [2.24, 2.45) is 58.0 Å². The Morgan fingerprint density at radius 1 is 1.03 bits per heavy atom. The fourth-order valence-corrected chi connectivity index (χ4v) is 10.1. The molecule has 0 aromatic carbocycles. The third kappa shape index (κ3) is 3.76. The molecule has 4 aliphatic carbocycles. The molecule has 0 aromatic rings. The van der Waals surface area contributed by atoms with Crippen molar-refractivity contribution >= 4 is 5.97 Å². The lowest BCUT2D eigenvalue weighted by atomic mass is 9.44. The zero-order chi connectivity index (χ0) is 22.5. The van der Waals surface area contributed by atoms with Gasteiger partial charge in [0, 0.05) is 19.1 Å². The molecule has 1 heterocycles. The number of nitrogens with one attached hydrogen (secondary N) is 1. The van der Waals surface area contributed by atoms with Crippen molar-refractivity contribution in [3.05, 3.63) is 0 Å². The molecule has 5 aliphatic rings. The maximum atomic E-state index is 12.1. The van der Waals surface area contributed by atoms with Crippen LogP contribution < -0.4 is 11.1 Å². The zero-order valence-electron chi connectivity index (χ0n) is 20.9. The van der Waals surface area contributed by atoms with E-state index in [0.29, 0.717) is 29.4 Å². The molecule has 5 fully saturated rings. The number of cyclic esters (lactones) is 1. The minimum atomic E-state index is 0.0723. The number of fused-ring (bicyclic) bond motifs is 5. The van der Waals surface area contributed by atoms with Crippen molar-refractivity contribution in [1.29, 1.82) is 0 Å². The summed E-state index contributed by atoms with van der Waals surface area (Å²) in [5, 5.41) is 3.73. The summed E-state index contributed by atoms with van der Waals surface area (Å²) >= 11 is 0. The van der Waals surface area contributed by atoms with Crippen molar-refractivity contribution < 1.29 is 9.53 Å². The molecule has 0 bridgehead atoms. The van der Waals surface area contributed by atoms with E-state index in [0.717, 1.165) is 55.5 Å². The number of nitrogens with two attached hydrogens (primary N) is 1. The third-order valence-electron chi connectivity index (χ3n) is 11.7. The molecule has 1 aliphatic heterocycles. The monoisotopic (exact) mass is 444 g/mol. The van der Waals surface area contributed by atoms with Gasteiger partial charge in [-0.25, -0.2) is 0 Å². The van der Waals surface area contributed by atoms with E-state index < -0.39 is 0 Å². The Balaban J connectivity index is 1.27. The van der Waals surface area contributed by atoms with Gasteiger partial charge in [-0.05, 0) is 117 Å². The normalized spacial score (nSPS) is 49.1. The average Bonchev–Trinajstić information content (AvgIpc) is 3.34. The van der Waals surface area contributed by atoms with Gasteiger partial charge in [-0.15, -0.1) is 0 Å². The van der Waals surface area contributed by atoms with Gasteiger partial charge in [-0.2, -0.15) is 0 Å². The van der Waals surface area contributed by atoms with Crippen LogP contribution in [0.25, 0.3) is 0 Å². The molecule has 4 saturated carbocycles. The van der Waals surface area contributed by atoms with Gasteiger partial charge < -0.3 is 15.8 Å². The van der Waals surface area contributed by atoms with Crippen LogP contribution in [0.4, 0.5) is 0 Å². The van der Waals surface area contributed by atoms with Crippen molar-refractivity contribution in [2.45, 2.75) is 97.4 Å². The number of rotatable bonds is 6. The van der Waals surface area contributed by atoms with E-state index in [-0.39, 0.29) is 11.9 Å². The minimum Gasteiger partial charge on any atom is -0.465 e. The van der Waals surface area contributed by atoms with Gasteiger partial charge in [0.1, 0.15) is 0 Å². The number of hydrogen-bond donors (Lipinski definition) is 2. The second kappa shape index (κ2) is 8.87. The Kier molecular flexibility index (Phi) is 6.42. The lowest BCUT2D eigenvalue weighted by molar-refractivity contribution is -0.142. The number of carbonyl (C=O) groups is 1.